The Hall–Kier alpha value is -0.660. The molecule has 0 unspecified atom stereocenters. The average Bonchev–Trinajstić information content (AvgIpc) is 3.45. The van der Waals surface area contributed by atoms with E-state index in [1.54, 1.807) is 6.92 Å². The molecule has 0 aromatic heterocycles. The van der Waals surface area contributed by atoms with E-state index in [0.717, 1.165) is 6.04 Å². The van der Waals surface area contributed by atoms with E-state index in [1.165, 1.54) is 54.9 Å². The Balaban J connectivity index is 0.000000605. The molecule has 0 fully saturated rings. The molecular formula is C36H52Cl2SiZr-3. The van der Waals surface area contributed by atoms with E-state index >= 15 is 0 Å². The predicted octanol–water partition coefficient (Wildman–Crippen LogP) is 13.0. The van der Waals surface area contributed by atoms with Gasteiger partial charge in [-0.15, -0.1) is 56.9 Å². The zero-order valence-electron chi connectivity index (χ0n) is 27.1. The summed E-state index contributed by atoms with van der Waals surface area (Å²) in [5.41, 5.74) is 8.66. The Bertz CT molecular complexity index is 1150. The third kappa shape index (κ3) is 12.3. The summed E-state index contributed by atoms with van der Waals surface area (Å²) in [7, 11) is 13.1. The molecule has 3 radical (unpaired) electrons. The van der Waals surface area contributed by atoms with Crippen LogP contribution in [0.3, 0.4) is 0 Å². The molecule has 4 heteroatoms. The summed E-state index contributed by atoms with van der Waals surface area (Å²) in [6.07, 6.45) is 0. The van der Waals surface area contributed by atoms with E-state index in [4.69, 9.17) is 17.0 Å². The van der Waals surface area contributed by atoms with Crippen LogP contribution in [0.4, 0.5) is 0 Å². The van der Waals surface area contributed by atoms with Crippen LogP contribution in [0, 0.1) is 20.8 Å². The molecule has 221 valence electrons. The fourth-order valence-electron chi connectivity index (χ4n) is 4.67. The van der Waals surface area contributed by atoms with Gasteiger partial charge < -0.3 is 6.92 Å². The molecule has 0 atom stereocenters. The van der Waals surface area contributed by atoms with Crippen molar-refractivity contribution in [2.75, 3.05) is 0 Å². The molecule has 0 heterocycles. The van der Waals surface area contributed by atoms with Gasteiger partial charge in [-0.25, -0.2) is 0 Å². The van der Waals surface area contributed by atoms with E-state index in [9.17, 15) is 0 Å². The summed E-state index contributed by atoms with van der Waals surface area (Å²) in [5.74, 6) is 2.42. The van der Waals surface area contributed by atoms with E-state index in [0.29, 0.717) is 23.7 Å². The fraction of sp³-hybridized carbons (Fsp3) is 0.472. The van der Waals surface area contributed by atoms with Gasteiger partial charge in [-0.2, -0.15) is 19.1 Å². The Labute approximate surface area is 269 Å². The molecule has 0 aliphatic carbocycles. The first-order valence-corrected chi connectivity index (χ1v) is 21.6. The number of fused-ring (bicyclic) bond motifs is 2. The molecule has 0 N–H and O–H groups in total. The third-order valence-corrected chi connectivity index (χ3v) is 6.62. The first kappa shape index (κ1) is 39.3. The van der Waals surface area contributed by atoms with Crippen molar-refractivity contribution in [3.05, 3.63) is 88.8 Å². The van der Waals surface area contributed by atoms with Gasteiger partial charge in [0.25, 0.3) is 0 Å². The SMILES string of the molecule is CC[Si].Cc1cc2c(C(C)C)cc(C(C)C)cc2[cH-]1.Cc1cc2c(C(C)C)cc(C(C)C)cc2[cH-]1.[CH2-]C.[Cl][Zr][Cl]. The summed E-state index contributed by atoms with van der Waals surface area (Å²) >= 11 is -0.826. The van der Waals surface area contributed by atoms with Gasteiger partial charge in [0.1, 0.15) is 0 Å². The number of halogens is 2. The molecule has 0 saturated carbocycles. The Morgan fingerprint density at radius 2 is 0.925 bits per heavy atom. The number of aryl methyl sites for hydroxylation is 2. The summed E-state index contributed by atoms with van der Waals surface area (Å²) in [4.78, 5) is 0. The summed E-state index contributed by atoms with van der Waals surface area (Å²) in [5, 5.41) is 5.70. The molecular weight excluding hydrogens is 623 g/mol. The fourth-order valence-corrected chi connectivity index (χ4v) is 4.67. The van der Waals surface area contributed by atoms with Crippen molar-refractivity contribution in [1.29, 1.82) is 0 Å². The standard InChI is InChI=1S/2C16H21.C2H5Si.C2H5.2ClH.Zr/c2*1-10(2)13-8-14-6-12(5)7-16(14)15(9-13)11(3)4;1-2-3;1-2;;;/h2*6-11H,1-5H3;2H2,1H3;1H2,2H3;2*1H;/q2*-1;;-1;;;+2/p-2. The zero-order valence-corrected chi connectivity index (χ0v) is 32.1. The monoisotopic (exact) mass is 672 g/mol. The molecule has 4 rings (SSSR count). The quantitative estimate of drug-likeness (QED) is 0.149. The second-order valence-corrected chi connectivity index (χ2v) is 15.8. The van der Waals surface area contributed by atoms with Gasteiger partial charge in [-0.3, -0.25) is 0 Å². The van der Waals surface area contributed by atoms with Gasteiger partial charge in [-0.05, 0) is 23.7 Å². The number of rotatable bonds is 4. The minimum atomic E-state index is -0.826. The number of hydrogen-bond donors (Lipinski definition) is 0. The zero-order chi connectivity index (χ0) is 31.2. The first-order chi connectivity index (χ1) is 18.8. The second kappa shape index (κ2) is 20.3. The van der Waals surface area contributed by atoms with Crippen LogP contribution in [0.2, 0.25) is 6.04 Å². The normalized spacial score (nSPS) is 10.5. The molecule has 0 saturated heterocycles. The van der Waals surface area contributed by atoms with Crippen molar-refractivity contribution in [1.82, 2.24) is 0 Å². The Kier molecular flexibility index (Phi) is 19.9. The van der Waals surface area contributed by atoms with Crippen molar-refractivity contribution in [2.45, 2.75) is 113 Å². The maximum absolute atomic E-state index is 4.93. The summed E-state index contributed by atoms with van der Waals surface area (Å²) < 4.78 is 0. The molecule has 0 nitrogen and oxygen atoms in total. The van der Waals surface area contributed by atoms with Crippen LogP contribution in [0.1, 0.15) is 126 Å². The van der Waals surface area contributed by atoms with Gasteiger partial charge in [0.15, 0.2) is 0 Å². The van der Waals surface area contributed by atoms with E-state index in [2.05, 4.69) is 135 Å². The summed E-state index contributed by atoms with van der Waals surface area (Å²) in [6.45, 7) is 29.6. The van der Waals surface area contributed by atoms with Crippen LogP contribution >= 0.6 is 17.0 Å². The van der Waals surface area contributed by atoms with Crippen LogP contribution in [0.25, 0.3) is 21.5 Å². The molecule has 0 aliphatic heterocycles. The van der Waals surface area contributed by atoms with E-state index < -0.39 is 20.8 Å². The van der Waals surface area contributed by atoms with Crippen molar-refractivity contribution < 1.29 is 20.8 Å². The van der Waals surface area contributed by atoms with Gasteiger partial charge >= 0.3 is 37.9 Å². The Morgan fingerprint density at radius 1 is 0.650 bits per heavy atom. The van der Waals surface area contributed by atoms with E-state index in [1.807, 2.05) is 6.92 Å². The van der Waals surface area contributed by atoms with Gasteiger partial charge in [0, 0.05) is 10.2 Å². The minimum absolute atomic E-state index is 0.600. The van der Waals surface area contributed by atoms with Gasteiger partial charge in [0.05, 0.1) is 0 Å². The average molecular weight is 675 g/mol. The van der Waals surface area contributed by atoms with Crippen LogP contribution in [-0.4, -0.2) is 10.2 Å². The van der Waals surface area contributed by atoms with Crippen LogP contribution < -0.4 is 0 Å². The van der Waals surface area contributed by atoms with Gasteiger partial charge in [0.2, 0.25) is 0 Å². The second-order valence-electron chi connectivity index (χ2n) is 11.3. The Morgan fingerprint density at radius 3 is 1.15 bits per heavy atom. The van der Waals surface area contributed by atoms with Crippen molar-refractivity contribution in [3.8, 4) is 0 Å². The van der Waals surface area contributed by atoms with Crippen LogP contribution in [0.15, 0.2) is 48.5 Å². The predicted molar refractivity (Wildman–Crippen MR) is 184 cm³/mol. The van der Waals surface area contributed by atoms with Crippen molar-refractivity contribution in [3.63, 3.8) is 0 Å². The number of benzene rings is 2. The molecule has 0 spiro atoms. The maximum atomic E-state index is 4.93. The van der Waals surface area contributed by atoms with Crippen molar-refractivity contribution >= 4 is 48.8 Å². The third-order valence-electron chi connectivity index (χ3n) is 6.62. The van der Waals surface area contributed by atoms with Crippen molar-refractivity contribution in [2.24, 2.45) is 0 Å². The van der Waals surface area contributed by atoms with Gasteiger partial charge in [-0.1, -0.05) is 117 Å². The van der Waals surface area contributed by atoms with E-state index in [-0.39, 0.29) is 0 Å². The molecule has 0 aliphatic rings. The molecule has 0 bridgehead atoms. The molecule has 40 heavy (non-hydrogen) atoms. The molecule has 4 aromatic carbocycles. The molecule has 4 aromatic rings. The topological polar surface area (TPSA) is 0 Å². The molecule has 0 amide bonds. The first-order valence-electron chi connectivity index (χ1n) is 14.5. The van der Waals surface area contributed by atoms with Crippen LogP contribution in [0.5, 0.6) is 0 Å². The number of hydrogen-bond acceptors (Lipinski definition) is 0. The van der Waals surface area contributed by atoms with Crippen LogP contribution in [-0.2, 0) is 20.8 Å². The summed E-state index contributed by atoms with van der Waals surface area (Å²) in [6, 6.07) is 19.7.